The molecule has 0 aliphatic heterocycles. The molecule has 9 heteroatoms. The summed E-state index contributed by atoms with van der Waals surface area (Å²) in [6.07, 6.45) is 5.12. The second-order valence-corrected chi connectivity index (χ2v) is 9.41. The SMILES string of the molecule is C=C(Nc1ccc(NC(=O)NCCCC(C)(C)F)cc1)c1c(F)cc(OCCOC)cc1N=CC.CCCC. The van der Waals surface area contributed by atoms with Crippen molar-refractivity contribution in [2.75, 3.05) is 37.5 Å². The predicted molar refractivity (Wildman–Crippen MR) is 159 cm³/mol. The molecule has 0 saturated heterocycles. The number of benzene rings is 2. The minimum Gasteiger partial charge on any atom is -0.491 e. The number of nitrogens with zero attached hydrogens (tertiary/aromatic N) is 1. The monoisotopic (exact) mass is 546 g/mol. The molecule has 0 aromatic heterocycles. The molecule has 2 amide bonds. The highest BCUT2D eigenvalue weighted by molar-refractivity contribution is 5.90. The van der Waals surface area contributed by atoms with Crippen molar-refractivity contribution in [1.29, 1.82) is 0 Å². The molecule has 7 nitrogen and oxygen atoms in total. The van der Waals surface area contributed by atoms with Crippen molar-refractivity contribution in [2.24, 2.45) is 4.99 Å². The Morgan fingerprint density at radius 2 is 1.69 bits per heavy atom. The van der Waals surface area contributed by atoms with E-state index in [1.165, 1.54) is 32.8 Å². The van der Waals surface area contributed by atoms with Gasteiger partial charge >= 0.3 is 6.03 Å². The number of halogens is 2. The Labute approximate surface area is 232 Å². The van der Waals surface area contributed by atoms with Crippen LogP contribution in [0, 0.1) is 5.82 Å². The molecular weight excluding hydrogens is 502 g/mol. The number of nitrogens with one attached hydrogen (secondary N) is 3. The largest absolute Gasteiger partial charge is 0.491 e. The number of unbranched alkanes of at least 4 members (excludes halogenated alkanes) is 1. The molecule has 2 rings (SSSR count). The smallest absolute Gasteiger partial charge is 0.319 e. The van der Waals surface area contributed by atoms with Crippen molar-refractivity contribution < 1.29 is 23.0 Å². The highest BCUT2D eigenvalue weighted by Crippen LogP contribution is 2.33. The first-order valence-electron chi connectivity index (χ1n) is 13.3. The first-order chi connectivity index (χ1) is 18.5. The normalized spacial score (nSPS) is 11.0. The lowest BCUT2D eigenvalue weighted by Crippen LogP contribution is -2.30. The first-order valence-corrected chi connectivity index (χ1v) is 13.3. The van der Waals surface area contributed by atoms with E-state index in [-0.39, 0.29) is 18.2 Å². The topological polar surface area (TPSA) is 84.0 Å². The number of rotatable bonds is 14. The van der Waals surface area contributed by atoms with Crippen LogP contribution in [0.3, 0.4) is 0 Å². The van der Waals surface area contributed by atoms with Gasteiger partial charge in [-0.15, -0.1) is 0 Å². The second kappa shape index (κ2) is 17.9. The van der Waals surface area contributed by atoms with Crippen LogP contribution < -0.4 is 20.7 Å². The van der Waals surface area contributed by atoms with Crippen molar-refractivity contribution in [3.63, 3.8) is 0 Å². The summed E-state index contributed by atoms with van der Waals surface area (Å²) in [7, 11) is 1.56. The number of methoxy groups -OCH3 is 1. The van der Waals surface area contributed by atoms with Crippen LogP contribution in [-0.2, 0) is 4.74 Å². The summed E-state index contributed by atoms with van der Waals surface area (Å²) >= 11 is 0. The highest BCUT2D eigenvalue weighted by atomic mass is 19.1. The number of aliphatic imine (C=N–C) groups is 1. The summed E-state index contributed by atoms with van der Waals surface area (Å²) in [5, 5.41) is 8.49. The number of carbonyl (C=O) groups is 1. The maximum atomic E-state index is 14.9. The van der Waals surface area contributed by atoms with Gasteiger partial charge in [-0.2, -0.15) is 0 Å². The lowest BCUT2D eigenvalue weighted by Gasteiger charge is -2.16. The van der Waals surface area contributed by atoms with E-state index in [1.54, 1.807) is 50.6 Å². The van der Waals surface area contributed by atoms with Gasteiger partial charge in [0.1, 0.15) is 23.8 Å². The number of hydrogen-bond acceptors (Lipinski definition) is 5. The molecule has 39 heavy (non-hydrogen) atoms. The molecule has 0 spiro atoms. The van der Waals surface area contributed by atoms with E-state index in [4.69, 9.17) is 9.47 Å². The molecule has 3 N–H and O–H groups in total. The van der Waals surface area contributed by atoms with Gasteiger partial charge in [0.25, 0.3) is 0 Å². The fraction of sp³-hybridized carbons (Fsp3) is 0.467. The number of amides is 2. The number of ether oxygens (including phenoxy) is 2. The Kier molecular flexibility index (Phi) is 15.4. The van der Waals surface area contributed by atoms with E-state index < -0.39 is 11.5 Å². The molecule has 0 aliphatic carbocycles. The van der Waals surface area contributed by atoms with Crippen molar-refractivity contribution in [1.82, 2.24) is 5.32 Å². The third-order valence-corrected chi connectivity index (χ3v) is 5.34. The molecule has 0 bridgehead atoms. The van der Waals surface area contributed by atoms with Crippen LogP contribution in [0.1, 0.15) is 65.9 Å². The third-order valence-electron chi connectivity index (χ3n) is 5.34. The summed E-state index contributed by atoms with van der Waals surface area (Å²) in [5.41, 5.74) is 0.892. The van der Waals surface area contributed by atoms with Crippen LogP contribution >= 0.6 is 0 Å². The average molecular weight is 547 g/mol. The predicted octanol–water partition coefficient (Wildman–Crippen LogP) is 8.11. The molecular formula is C30H44F2N4O3. The zero-order valence-corrected chi connectivity index (χ0v) is 24.1. The maximum absolute atomic E-state index is 14.9. The lowest BCUT2D eigenvalue weighted by atomic mass is 10.1. The van der Waals surface area contributed by atoms with Crippen molar-refractivity contribution in [3.8, 4) is 5.75 Å². The molecule has 0 unspecified atom stereocenters. The third kappa shape index (κ3) is 13.8. The molecule has 0 atom stereocenters. The summed E-state index contributed by atoms with van der Waals surface area (Å²) in [4.78, 5) is 16.3. The summed E-state index contributed by atoms with van der Waals surface area (Å²) < 4.78 is 38.9. The van der Waals surface area contributed by atoms with Gasteiger partial charge in [0.05, 0.1) is 17.9 Å². The first kappa shape index (κ1) is 33.6. The van der Waals surface area contributed by atoms with Gasteiger partial charge in [-0.05, 0) is 57.9 Å². The van der Waals surface area contributed by atoms with E-state index in [0.29, 0.717) is 54.5 Å². The second-order valence-electron chi connectivity index (χ2n) is 9.41. The standard InChI is InChI=1S/C26H34F2N4O3.C4H10/c1-6-29-23-17-21(35-15-14-34-5)16-22(27)24(23)18(2)31-19-8-10-20(11-9-19)32-25(33)30-13-7-12-26(3,4)28;1-3-4-2/h6,8-11,16-17,31H,2,7,12-15H2,1,3-5H3,(H2,30,32,33);3-4H2,1-2H3. The average Bonchev–Trinajstić information content (AvgIpc) is 2.87. The molecule has 0 aliphatic rings. The van der Waals surface area contributed by atoms with Crippen LogP contribution in [0.2, 0.25) is 0 Å². The Balaban J connectivity index is 0.00000177. The van der Waals surface area contributed by atoms with Crippen LogP contribution in [0.15, 0.2) is 48.0 Å². The number of alkyl halides is 1. The molecule has 0 heterocycles. The summed E-state index contributed by atoms with van der Waals surface area (Å²) in [5.74, 6) is -0.178. The lowest BCUT2D eigenvalue weighted by molar-refractivity contribution is 0.146. The minimum atomic E-state index is -1.25. The molecule has 2 aromatic carbocycles. The van der Waals surface area contributed by atoms with Gasteiger partial charge in [0.15, 0.2) is 0 Å². The number of urea groups is 1. The van der Waals surface area contributed by atoms with E-state index >= 15 is 0 Å². The number of carbonyl (C=O) groups excluding carboxylic acids is 1. The van der Waals surface area contributed by atoms with E-state index in [9.17, 15) is 13.6 Å². The van der Waals surface area contributed by atoms with Gasteiger partial charge < -0.3 is 25.4 Å². The van der Waals surface area contributed by atoms with Gasteiger partial charge in [-0.1, -0.05) is 33.3 Å². The Morgan fingerprint density at radius 1 is 1.08 bits per heavy atom. The van der Waals surface area contributed by atoms with Crippen LogP contribution in [0.5, 0.6) is 5.75 Å². The molecule has 2 aromatic rings. The van der Waals surface area contributed by atoms with Crippen LogP contribution in [0.25, 0.3) is 5.70 Å². The van der Waals surface area contributed by atoms with E-state index in [1.807, 2.05) is 0 Å². The van der Waals surface area contributed by atoms with Crippen molar-refractivity contribution >= 4 is 35.0 Å². The zero-order valence-electron chi connectivity index (χ0n) is 24.1. The fourth-order valence-electron chi connectivity index (χ4n) is 3.19. The highest BCUT2D eigenvalue weighted by Gasteiger charge is 2.16. The van der Waals surface area contributed by atoms with Gasteiger partial charge in [-0.3, -0.25) is 4.99 Å². The minimum absolute atomic E-state index is 0.222. The Bertz CT molecular complexity index is 1050. The van der Waals surface area contributed by atoms with Gasteiger partial charge in [-0.25, -0.2) is 13.6 Å². The maximum Gasteiger partial charge on any atom is 0.319 e. The Hall–Kier alpha value is -3.46. The zero-order chi connectivity index (χ0) is 29.3. The van der Waals surface area contributed by atoms with Gasteiger partial charge in [0, 0.05) is 49.1 Å². The molecule has 216 valence electrons. The van der Waals surface area contributed by atoms with Gasteiger partial charge in [0.2, 0.25) is 0 Å². The van der Waals surface area contributed by atoms with Crippen LogP contribution in [0.4, 0.5) is 30.6 Å². The van der Waals surface area contributed by atoms with E-state index in [0.717, 1.165) is 0 Å². The Morgan fingerprint density at radius 3 is 2.23 bits per heavy atom. The summed E-state index contributed by atoms with van der Waals surface area (Å²) in [6.45, 7) is 14.1. The number of hydrogen-bond donors (Lipinski definition) is 3. The molecule has 0 fully saturated rings. The van der Waals surface area contributed by atoms with E-state index in [2.05, 4.69) is 41.4 Å². The van der Waals surface area contributed by atoms with Crippen molar-refractivity contribution in [3.05, 3.63) is 54.4 Å². The van der Waals surface area contributed by atoms with Crippen molar-refractivity contribution in [2.45, 2.75) is 66.0 Å². The fourth-order valence-corrected chi connectivity index (χ4v) is 3.19. The molecule has 0 radical (unpaired) electrons. The summed E-state index contributed by atoms with van der Waals surface area (Å²) in [6, 6.07) is 9.42. The van der Waals surface area contributed by atoms with Crippen LogP contribution in [-0.4, -0.2) is 44.8 Å². The quantitative estimate of drug-likeness (QED) is 0.165. The number of anilines is 2. The molecule has 0 saturated carbocycles.